The standard InChI is InChI=1S/C18H20N6O2/c1-11(19)8-21-15-6-5-13(16-14(15)10-22-18(24-16)26-2)17(25)23-12-4-3-7-20-9-12/h3-7,9-11,21H,8,19H2,1-2H3,(H,23,25)/t11-/m0/s1. The monoisotopic (exact) mass is 352 g/mol. The summed E-state index contributed by atoms with van der Waals surface area (Å²) in [7, 11) is 1.48. The number of fused-ring (bicyclic) bond motifs is 1. The van der Waals surface area contributed by atoms with Gasteiger partial charge in [0.25, 0.3) is 5.91 Å². The van der Waals surface area contributed by atoms with E-state index in [9.17, 15) is 4.79 Å². The van der Waals surface area contributed by atoms with Crippen molar-refractivity contribution < 1.29 is 9.53 Å². The van der Waals surface area contributed by atoms with Crippen LogP contribution < -0.4 is 21.1 Å². The van der Waals surface area contributed by atoms with E-state index in [0.29, 0.717) is 28.7 Å². The van der Waals surface area contributed by atoms with Crippen LogP contribution >= 0.6 is 0 Å². The molecule has 0 bridgehead atoms. The fourth-order valence-corrected chi connectivity index (χ4v) is 2.45. The Bertz CT molecular complexity index is 914. The second-order valence-electron chi connectivity index (χ2n) is 5.83. The molecule has 2 aromatic heterocycles. The van der Waals surface area contributed by atoms with E-state index in [2.05, 4.69) is 25.6 Å². The molecule has 0 fully saturated rings. The molecule has 0 saturated carbocycles. The highest BCUT2D eigenvalue weighted by atomic mass is 16.5. The summed E-state index contributed by atoms with van der Waals surface area (Å²) in [4.78, 5) is 25.2. The Morgan fingerprint density at radius 2 is 2.15 bits per heavy atom. The fourth-order valence-electron chi connectivity index (χ4n) is 2.45. The summed E-state index contributed by atoms with van der Waals surface area (Å²) < 4.78 is 5.11. The lowest BCUT2D eigenvalue weighted by Crippen LogP contribution is -2.25. The van der Waals surface area contributed by atoms with Crippen molar-refractivity contribution in [2.24, 2.45) is 5.73 Å². The lowest BCUT2D eigenvalue weighted by Gasteiger charge is -2.14. The highest BCUT2D eigenvalue weighted by molar-refractivity contribution is 6.13. The van der Waals surface area contributed by atoms with Gasteiger partial charge >= 0.3 is 6.01 Å². The van der Waals surface area contributed by atoms with Crippen molar-refractivity contribution in [3.8, 4) is 6.01 Å². The number of anilines is 2. The van der Waals surface area contributed by atoms with Gasteiger partial charge in [0.15, 0.2) is 0 Å². The topological polar surface area (TPSA) is 115 Å². The maximum atomic E-state index is 12.7. The maximum Gasteiger partial charge on any atom is 0.316 e. The molecular formula is C18H20N6O2. The van der Waals surface area contributed by atoms with Crippen LogP contribution in [0.5, 0.6) is 6.01 Å². The summed E-state index contributed by atoms with van der Waals surface area (Å²) in [6.07, 6.45) is 4.85. The summed E-state index contributed by atoms with van der Waals surface area (Å²) in [5, 5.41) is 6.78. The molecule has 26 heavy (non-hydrogen) atoms. The van der Waals surface area contributed by atoms with Crippen LogP contribution in [-0.4, -0.2) is 40.6 Å². The van der Waals surface area contributed by atoms with Gasteiger partial charge in [0, 0.05) is 36.1 Å². The number of carbonyl (C=O) groups excluding carboxylic acids is 1. The van der Waals surface area contributed by atoms with E-state index in [1.807, 2.05) is 13.0 Å². The molecule has 0 radical (unpaired) electrons. The average molecular weight is 352 g/mol. The first kappa shape index (κ1) is 17.6. The van der Waals surface area contributed by atoms with Gasteiger partial charge in [-0.2, -0.15) is 4.98 Å². The molecule has 8 heteroatoms. The molecule has 1 amide bonds. The number of hydrogen-bond donors (Lipinski definition) is 3. The van der Waals surface area contributed by atoms with Crippen molar-refractivity contribution in [1.29, 1.82) is 0 Å². The van der Waals surface area contributed by atoms with Crippen LogP contribution in [0.15, 0.2) is 42.9 Å². The zero-order chi connectivity index (χ0) is 18.5. The van der Waals surface area contributed by atoms with Crippen LogP contribution in [0.3, 0.4) is 0 Å². The second-order valence-corrected chi connectivity index (χ2v) is 5.83. The van der Waals surface area contributed by atoms with E-state index >= 15 is 0 Å². The van der Waals surface area contributed by atoms with E-state index in [1.54, 1.807) is 36.8 Å². The van der Waals surface area contributed by atoms with E-state index in [-0.39, 0.29) is 18.0 Å². The number of hydrogen-bond acceptors (Lipinski definition) is 7. The molecule has 0 spiro atoms. The van der Waals surface area contributed by atoms with Crippen molar-refractivity contribution in [3.63, 3.8) is 0 Å². The molecule has 2 heterocycles. The minimum Gasteiger partial charge on any atom is -0.467 e. The van der Waals surface area contributed by atoms with Gasteiger partial charge in [0.1, 0.15) is 0 Å². The Hall–Kier alpha value is -3.26. The van der Waals surface area contributed by atoms with Crippen LogP contribution in [-0.2, 0) is 0 Å². The molecule has 3 rings (SSSR count). The Balaban J connectivity index is 2.01. The number of pyridine rings is 1. The van der Waals surface area contributed by atoms with Crippen molar-refractivity contribution in [2.45, 2.75) is 13.0 Å². The Morgan fingerprint density at radius 3 is 2.85 bits per heavy atom. The zero-order valence-corrected chi connectivity index (χ0v) is 14.6. The number of methoxy groups -OCH3 is 1. The minimum atomic E-state index is -0.289. The number of nitrogens with zero attached hydrogens (tertiary/aromatic N) is 3. The molecule has 3 aromatic rings. The summed E-state index contributed by atoms with van der Waals surface area (Å²) in [5.41, 5.74) is 8.12. The molecule has 1 atom stereocenters. The van der Waals surface area contributed by atoms with Gasteiger partial charge in [-0.25, -0.2) is 4.98 Å². The second kappa shape index (κ2) is 7.75. The van der Waals surface area contributed by atoms with E-state index in [0.717, 1.165) is 5.69 Å². The van der Waals surface area contributed by atoms with Crippen molar-refractivity contribution in [1.82, 2.24) is 15.0 Å². The summed E-state index contributed by atoms with van der Waals surface area (Å²) in [6, 6.07) is 7.22. The van der Waals surface area contributed by atoms with Gasteiger partial charge < -0.3 is 21.1 Å². The summed E-state index contributed by atoms with van der Waals surface area (Å²) in [5.74, 6) is -0.289. The van der Waals surface area contributed by atoms with Gasteiger partial charge in [0.2, 0.25) is 0 Å². The van der Waals surface area contributed by atoms with Gasteiger partial charge in [0.05, 0.1) is 30.1 Å². The third kappa shape index (κ3) is 3.86. The van der Waals surface area contributed by atoms with Crippen molar-refractivity contribution in [2.75, 3.05) is 24.3 Å². The van der Waals surface area contributed by atoms with Gasteiger partial charge in [-0.15, -0.1) is 0 Å². The Labute approximate surface area is 150 Å². The molecule has 134 valence electrons. The number of benzene rings is 1. The number of carbonyl (C=O) groups is 1. The molecule has 0 aliphatic carbocycles. The third-order valence-electron chi connectivity index (χ3n) is 3.69. The van der Waals surface area contributed by atoms with Gasteiger partial charge in [-0.1, -0.05) is 0 Å². The number of nitrogens with one attached hydrogen (secondary N) is 2. The average Bonchev–Trinajstić information content (AvgIpc) is 2.66. The van der Waals surface area contributed by atoms with Crippen LogP contribution in [0.25, 0.3) is 10.9 Å². The van der Waals surface area contributed by atoms with Crippen molar-refractivity contribution in [3.05, 3.63) is 48.4 Å². The first-order chi connectivity index (χ1) is 12.6. The summed E-state index contributed by atoms with van der Waals surface area (Å²) >= 11 is 0. The highest BCUT2D eigenvalue weighted by Crippen LogP contribution is 2.27. The van der Waals surface area contributed by atoms with Crippen LogP contribution in [0, 0.1) is 0 Å². The zero-order valence-electron chi connectivity index (χ0n) is 14.6. The van der Waals surface area contributed by atoms with Crippen LogP contribution in [0.2, 0.25) is 0 Å². The van der Waals surface area contributed by atoms with Crippen LogP contribution in [0.4, 0.5) is 11.4 Å². The van der Waals surface area contributed by atoms with Gasteiger partial charge in [-0.05, 0) is 31.2 Å². The van der Waals surface area contributed by atoms with E-state index in [1.165, 1.54) is 7.11 Å². The Kier molecular flexibility index (Phi) is 5.23. The van der Waals surface area contributed by atoms with Crippen LogP contribution in [0.1, 0.15) is 17.3 Å². The fraction of sp³-hybridized carbons (Fsp3) is 0.222. The maximum absolute atomic E-state index is 12.7. The largest absolute Gasteiger partial charge is 0.467 e. The molecule has 0 aliphatic heterocycles. The molecule has 4 N–H and O–H groups in total. The number of aromatic nitrogens is 3. The first-order valence-electron chi connectivity index (χ1n) is 8.13. The molecule has 0 unspecified atom stereocenters. The number of nitrogens with two attached hydrogens (primary N) is 1. The Morgan fingerprint density at radius 1 is 1.31 bits per heavy atom. The number of rotatable bonds is 6. The minimum absolute atomic E-state index is 0.0160. The molecule has 1 aromatic carbocycles. The number of amides is 1. The number of ether oxygens (including phenoxy) is 1. The highest BCUT2D eigenvalue weighted by Gasteiger charge is 2.16. The normalized spacial score (nSPS) is 11.8. The smallest absolute Gasteiger partial charge is 0.316 e. The third-order valence-corrected chi connectivity index (χ3v) is 3.69. The SMILES string of the molecule is COc1ncc2c(NC[C@H](C)N)ccc(C(=O)Nc3cccnc3)c2n1. The first-order valence-corrected chi connectivity index (χ1v) is 8.13. The van der Waals surface area contributed by atoms with Crippen molar-refractivity contribution >= 4 is 28.2 Å². The van der Waals surface area contributed by atoms with E-state index in [4.69, 9.17) is 10.5 Å². The predicted octanol–water partition coefficient (Wildman–Crippen LogP) is 2.04. The quantitative estimate of drug-likeness (QED) is 0.622. The molecule has 8 nitrogen and oxygen atoms in total. The summed E-state index contributed by atoms with van der Waals surface area (Å²) in [6.45, 7) is 2.49. The van der Waals surface area contributed by atoms with E-state index < -0.39 is 0 Å². The molecule has 0 aliphatic rings. The lowest BCUT2D eigenvalue weighted by atomic mass is 10.1. The molecule has 0 saturated heterocycles. The predicted molar refractivity (Wildman–Crippen MR) is 100 cm³/mol. The molecular weight excluding hydrogens is 332 g/mol. The lowest BCUT2D eigenvalue weighted by molar-refractivity contribution is 0.102. The van der Waals surface area contributed by atoms with Gasteiger partial charge in [-0.3, -0.25) is 9.78 Å².